The normalized spacial score (nSPS) is 23.0. The molecule has 0 aromatic heterocycles. The van der Waals surface area contributed by atoms with Crippen molar-refractivity contribution in [2.75, 3.05) is 13.7 Å². The molecule has 0 atom stereocenters. The molecule has 0 aliphatic carbocycles. The van der Waals surface area contributed by atoms with Crippen LogP contribution in [0.4, 0.5) is 4.79 Å². The van der Waals surface area contributed by atoms with Crippen molar-refractivity contribution >= 4 is 17.8 Å². The van der Waals surface area contributed by atoms with E-state index in [1.165, 1.54) is 7.11 Å². The van der Waals surface area contributed by atoms with Crippen LogP contribution in [0.15, 0.2) is 4.99 Å². The largest absolute Gasteiger partial charge is 0.460 e. The molecule has 13 heavy (non-hydrogen) atoms. The molecular formula is C8H11NO4. The van der Waals surface area contributed by atoms with Gasteiger partial charge >= 0.3 is 12.1 Å². The minimum Gasteiger partial charge on any atom is -0.460 e. The molecule has 1 rings (SSSR count). The van der Waals surface area contributed by atoms with Crippen molar-refractivity contribution in [2.45, 2.75) is 13.8 Å². The number of ether oxygens (including phenoxy) is 2. The first kappa shape index (κ1) is 9.70. The van der Waals surface area contributed by atoms with E-state index < -0.39 is 17.5 Å². The molecule has 1 aliphatic heterocycles. The third kappa shape index (κ3) is 1.85. The zero-order chi connectivity index (χ0) is 10.1. The highest BCUT2D eigenvalue weighted by molar-refractivity contribution is 6.41. The summed E-state index contributed by atoms with van der Waals surface area (Å²) in [5, 5.41) is 0. The second kappa shape index (κ2) is 3.16. The van der Waals surface area contributed by atoms with Crippen LogP contribution >= 0.6 is 0 Å². The zero-order valence-electron chi connectivity index (χ0n) is 7.79. The van der Waals surface area contributed by atoms with E-state index in [1.54, 1.807) is 13.8 Å². The van der Waals surface area contributed by atoms with Crippen LogP contribution in [0.25, 0.3) is 0 Å². The average Bonchev–Trinajstić information content (AvgIpc) is 2.31. The first-order valence-electron chi connectivity index (χ1n) is 3.81. The summed E-state index contributed by atoms with van der Waals surface area (Å²) in [6.07, 6.45) is -0.776. The van der Waals surface area contributed by atoms with Crippen molar-refractivity contribution in [3.05, 3.63) is 0 Å². The van der Waals surface area contributed by atoms with Crippen LogP contribution in [0.2, 0.25) is 0 Å². The first-order valence-corrected chi connectivity index (χ1v) is 3.81. The van der Waals surface area contributed by atoms with Crippen LogP contribution in [0, 0.1) is 5.41 Å². The lowest BCUT2D eigenvalue weighted by molar-refractivity contribution is -0.133. The van der Waals surface area contributed by atoms with Crippen molar-refractivity contribution in [1.29, 1.82) is 0 Å². The second-order valence-electron chi connectivity index (χ2n) is 3.39. The highest BCUT2D eigenvalue weighted by Crippen LogP contribution is 2.25. The number of carbonyl (C=O) groups is 2. The lowest BCUT2D eigenvalue weighted by Gasteiger charge is -2.11. The van der Waals surface area contributed by atoms with Crippen molar-refractivity contribution in [3.63, 3.8) is 0 Å². The van der Waals surface area contributed by atoms with E-state index in [0.717, 1.165) is 0 Å². The van der Waals surface area contributed by atoms with Gasteiger partial charge in [0.15, 0.2) is 0 Å². The van der Waals surface area contributed by atoms with E-state index in [2.05, 4.69) is 9.73 Å². The zero-order valence-corrected chi connectivity index (χ0v) is 7.79. The molecule has 5 nitrogen and oxygen atoms in total. The van der Waals surface area contributed by atoms with Crippen LogP contribution < -0.4 is 0 Å². The van der Waals surface area contributed by atoms with E-state index in [9.17, 15) is 9.59 Å². The minimum absolute atomic E-state index is 0.124. The average molecular weight is 185 g/mol. The summed E-state index contributed by atoms with van der Waals surface area (Å²) >= 11 is 0. The third-order valence-corrected chi connectivity index (χ3v) is 1.78. The molecule has 1 amide bonds. The Kier molecular flexibility index (Phi) is 2.36. The molecule has 72 valence electrons. The maximum absolute atomic E-state index is 11.1. The Balaban J connectivity index is 2.94. The van der Waals surface area contributed by atoms with Crippen LogP contribution in [-0.4, -0.2) is 31.5 Å². The van der Waals surface area contributed by atoms with Gasteiger partial charge in [0, 0.05) is 5.41 Å². The van der Waals surface area contributed by atoms with Gasteiger partial charge < -0.3 is 9.47 Å². The van der Waals surface area contributed by atoms with Gasteiger partial charge in [-0.25, -0.2) is 9.59 Å². The molecule has 5 heteroatoms. The van der Waals surface area contributed by atoms with Gasteiger partial charge in [0.1, 0.15) is 12.3 Å². The predicted octanol–water partition coefficient (Wildman–Crippen LogP) is 0.777. The number of esters is 1. The van der Waals surface area contributed by atoms with Gasteiger partial charge in [-0.05, 0) is 0 Å². The van der Waals surface area contributed by atoms with Gasteiger partial charge in [-0.3, -0.25) is 0 Å². The molecule has 1 aliphatic rings. The number of amides is 1. The summed E-state index contributed by atoms with van der Waals surface area (Å²) in [5.74, 6) is -0.546. The number of aliphatic imine (C=N–C) groups is 1. The van der Waals surface area contributed by atoms with Gasteiger partial charge in [-0.2, -0.15) is 4.99 Å². The molecule has 0 aromatic rings. The minimum atomic E-state index is -0.776. The SMILES string of the molecule is COC(=O)/N=C1\C(=O)OCC1(C)C. The number of carbonyl (C=O) groups excluding carboxylic acids is 2. The van der Waals surface area contributed by atoms with Crippen LogP contribution in [0.5, 0.6) is 0 Å². The molecule has 0 bridgehead atoms. The van der Waals surface area contributed by atoms with Crippen LogP contribution in [0.1, 0.15) is 13.8 Å². The number of nitrogens with zero attached hydrogens (tertiary/aromatic N) is 1. The van der Waals surface area contributed by atoms with Crippen molar-refractivity contribution in [2.24, 2.45) is 10.4 Å². The van der Waals surface area contributed by atoms with Gasteiger partial charge in [0.2, 0.25) is 0 Å². The molecule has 0 N–H and O–H groups in total. The molecule has 0 saturated carbocycles. The summed E-state index contributed by atoms with van der Waals surface area (Å²) in [6, 6.07) is 0. The Morgan fingerprint density at radius 3 is 2.62 bits per heavy atom. The summed E-state index contributed by atoms with van der Waals surface area (Å²) in [5.41, 5.74) is -0.384. The topological polar surface area (TPSA) is 65.0 Å². The Hall–Kier alpha value is -1.39. The molecular weight excluding hydrogens is 174 g/mol. The third-order valence-electron chi connectivity index (χ3n) is 1.78. The van der Waals surface area contributed by atoms with E-state index in [1.807, 2.05) is 0 Å². The van der Waals surface area contributed by atoms with Gasteiger partial charge in [-0.1, -0.05) is 13.8 Å². The maximum atomic E-state index is 11.1. The fraction of sp³-hybridized carbons (Fsp3) is 0.625. The standard InChI is InChI=1S/C8H11NO4/c1-8(2)4-13-6(10)5(8)9-7(11)12-3/h4H2,1-3H3/b9-5+. The summed E-state index contributed by atoms with van der Waals surface area (Å²) in [7, 11) is 1.21. The lowest BCUT2D eigenvalue weighted by Crippen LogP contribution is -2.25. The lowest BCUT2D eigenvalue weighted by atomic mass is 9.91. The van der Waals surface area contributed by atoms with E-state index >= 15 is 0 Å². The predicted molar refractivity (Wildman–Crippen MR) is 44.6 cm³/mol. The molecule has 0 radical (unpaired) electrons. The second-order valence-corrected chi connectivity index (χ2v) is 3.39. The Morgan fingerprint density at radius 2 is 2.23 bits per heavy atom. The maximum Gasteiger partial charge on any atom is 0.433 e. The summed E-state index contributed by atoms with van der Waals surface area (Å²) in [6.45, 7) is 3.81. The van der Waals surface area contributed by atoms with Crippen LogP contribution in [-0.2, 0) is 14.3 Å². The number of hydrogen-bond donors (Lipinski definition) is 0. The van der Waals surface area contributed by atoms with E-state index in [4.69, 9.17) is 4.74 Å². The Morgan fingerprint density at radius 1 is 1.62 bits per heavy atom. The molecule has 1 heterocycles. The highest BCUT2D eigenvalue weighted by Gasteiger charge is 2.40. The number of methoxy groups -OCH3 is 1. The Labute approximate surface area is 75.7 Å². The smallest absolute Gasteiger partial charge is 0.433 e. The van der Waals surface area contributed by atoms with Crippen molar-refractivity contribution in [1.82, 2.24) is 0 Å². The van der Waals surface area contributed by atoms with Crippen molar-refractivity contribution < 1.29 is 19.1 Å². The fourth-order valence-corrected chi connectivity index (χ4v) is 0.993. The van der Waals surface area contributed by atoms with Gasteiger partial charge in [0.25, 0.3) is 0 Å². The van der Waals surface area contributed by atoms with E-state index in [-0.39, 0.29) is 12.3 Å². The molecule has 0 aromatic carbocycles. The highest BCUT2D eigenvalue weighted by atomic mass is 16.5. The number of hydrogen-bond acceptors (Lipinski definition) is 4. The van der Waals surface area contributed by atoms with Gasteiger partial charge in [-0.15, -0.1) is 0 Å². The number of rotatable bonds is 0. The van der Waals surface area contributed by atoms with Crippen LogP contribution in [0.3, 0.4) is 0 Å². The molecule has 0 spiro atoms. The first-order chi connectivity index (χ1) is 5.97. The Bertz CT molecular complexity index is 280. The summed E-state index contributed by atoms with van der Waals surface area (Å²) in [4.78, 5) is 25.4. The summed E-state index contributed by atoms with van der Waals surface area (Å²) < 4.78 is 9.07. The van der Waals surface area contributed by atoms with E-state index in [0.29, 0.717) is 0 Å². The monoisotopic (exact) mass is 185 g/mol. The van der Waals surface area contributed by atoms with Gasteiger partial charge in [0.05, 0.1) is 7.11 Å². The fourth-order valence-electron chi connectivity index (χ4n) is 0.993. The molecule has 1 saturated heterocycles. The molecule has 1 fully saturated rings. The quantitative estimate of drug-likeness (QED) is 0.523. The number of cyclic esters (lactones) is 1. The molecule has 0 unspecified atom stereocenters. The van der Waals surface area contributed by atoms with Crippen molar-refractivity contribution in [3.8, 4) is 0 Å².